The average Bonchev–Trinajstić information content (AvgIpc) is 3.29. The Bertz CT molecular complexity index is 831. The predicted molar refractivity (Wildman–Crippen MR) is 92.8 cm³/mol. The quantitative estimate of drug-likeness (QED) is 0.619. The highest BCUT2D eigenvalue weighted by Gasteiger charge is 2.45. The summed E-state index contributed by atoms with van der Waals surface area (Å²) in [7, 11) is 0. The standard InChI is InChI=1S/C17H18N4O3S/c1-2-20-15(22)16(23)21(17(20)24)10-19-9-5-7-12(19)14-18-11-6-3-4-8-13(11)25-14/h3-4,6,8,12H,2,5,7,9-10H2,1H3. The van der Waals surface area contributed by atoms with Gasteiger partial charge < -0.3 is 0 Å². The van der Waals surface area contributed by atoms with E-state index in [0.717, 1.165) is 44.4 Å². The largest absolute Gasteiger partial charge is 0.335 e. The second kappa shape index (κ2) is 6.20. The molecule has 0 spiro atoms. The van der Waals surface area contributed by atoms with Crippen molar-refractivity contribution in [3.63, 3.8) is 0 Å². The van der Waals surface area contributed by atoms with Crippen LogP contribution in [0.3, 0.4) is 0 Å². The highest BCUT2D eigenvalue weighted by Crippen LogP contribution is 2.36. The van der Waals surface area contributed by atoms with E-state index >= 15 is 0 Å². The molecule has 1 unspecified atom stereocenters. The van der Waals surface area contributed by atoms with Crippen LogP contribution < -0.4 is 0 Å². The van der Waals surface area contributed by atoms with E-state index in [1.54, 1.807) is 18.3 Å². The number of imide groups is 2. The molecule has 0 radical (unpaired) electrons. The van der Waals surface area contributed by atoms with Crippen LogP contribution in [0.2, 0.25) is 0 Å². The molecule has 2 saturated heterocycles. The zero-order valence-electron chi connectivity index (χ0n) is 13.8. The van der Waals surface area contributed by atoms with Gasteiger partial charge in [-0.2, -0.15) is 0 Å². The van der Waals surface area contributed by atoms with Gasteiger partial charge in [0.2, 0.25) is 0 Å². The summed E-state index contributed by atoms with van der Waals surface area (Å²) in [6, 6.07) is 7.53. The van der Waals surface area contributed by atoms with Crippen molar-refractivity contribution in [1.82, 2.24) is 19.7 Å². The van der Waals surface area contributed by atoms with Gasteiger partial charge in [0.15, 0.2) is 0 Å². The first kappa shape index (κ1) is 16.2. The van der Waals surface area contributed by atoms with Crippen molar-refractivity contribution in [2.24, 2.45) is 0 Å². The van der Waals surface area contributed by atoms with Crippen LogP contribution in [-0.4, -0.2) is 57.3 Å². The molecular weight excluding hydrogens is 340 g/mol. The van der Waals surface area contributed by atoms with Gasteiger partial charge in [0.05, 0.1) is 22.9 Å². The first-order valence-corrected chi connectivity index (χ1v) is 9.18. The average molecular weight is 358 g/mol. The topological polar surface area (TPSA) is 73.8 Å². The molecule has 130 valence electrons. The number of fused-ring (bicyclic) bond motifs is 1. The minimum atomic E-state index is -0.734. The molecule has 0 bridgehead atoms. The van der Waals surface area contributed by atoms with E-state index in [1.165, 1.54) is 0 Å². The van der Waals surface area contributed by atoms with Crippen molar-refractivity contribution >= 4 is 39.4 Å². The third kappa shape index (κ3) is 2.61. The Morgan fingerprint density at radius 1 is 1.16 bits per heavy atom. The third-order valence-electron chi connectivity index (χ3n) is 4.73. The molecule has 1 atom stereocenters. The summed E-state index contributed by atoms with van der Waals surface area (Å²) in [5.74, 6) is -1.47. The molecule has 1 aromatic heterocycles. The highest BCUT2D eigenvalue weighted by molar-refractivity contribution is 7.18. The van der Waals surface area contributed by atoms with E-state index in [2.05, 4.69) is 4.90 Å². The van der Waals surface area contributed by atoms with Crippen molar-refractivity contribution in [3.05, 3.63) is 29.3 Å². The number of carbonyl (C=O) groups excluding carboxylic acids is 3. The Morgan fingerprint density at radius 2 is 1.92 bits per heavy atom. The van der Waals surface area contributed by atoms with Crippen LogP contribution in [0.25, 0.3) is 10.2 Å². The Hall–Kier alpha value is -2.32. The van der Waals surface area contributed by atoms with E-state index in [0.29, 0.717) is 0 Å². The maximum Gasteiger partial charge on any atom is 0.335 e. The summed E-state index contributed by atoms with van der Waals surface area (Å²) in [6.45, 7) is 2.81. The molecule has 2 aliphatic rings. The number of likely N-dealkylation sites (tertiary alicyclic amines) is 1. The fourth-order valence-electron chi connectivity index (χ4n) is 3.44. The summed E-state index contributed by atoms with van der Waals surface area (Å²) in [5, 5.41) is 0.997. The maximum atomic E-state index is 12.3. The number of nitrogens with zero attached hydrogens (tertiary/aromatic N) is 4. The number of carbonyl (C=O) groups is 3. The number of para-hydroxylation sites is 1. The number of urea groups is 1. The normalized spacial score (nSPS) is 22.0. The SMILES string of the molecule is CCN1C(=O)C(=O)N(CN2CCCC2c2nc3ccccc3s2)C1=O. The lowest BCUT2D eigenvalue weighted by Gasteiger charge is -2.26. The molecule has 2 fully saturated rings. The number of benzene rings is 1. The second-order valence-electron chi connectivity index (χ2n) is 6.20. The first-order valence-electron chi connectivity index (χ1n) is 8.37. The molecule has 2 aliphatic heterocycles. The molecule has 8 heteroatoms. The molecule has 0 aliphatic carbocycles. The van der Waals surface area contributed by atoms with Crippen molar-refractivity contribution in [1.29, 1.82) is 0 Å². The van der Waals surface area contributed by atoms with Gasteiger partial charge in [0.25, 0.3) is 0 Å². The first-order chi connectivity index (χ1) is 12.1. The van der Waals surface area contributed by atoms with Crippen LogP contribution in [-0.2, 0) is 9.59 Å². The highest BCUT2D eigenvalue weighted by atomic mass is 32.1. The van der Waals surface area contributed by atoms with Crippen molar-refractivity contribution in [2.45, 2.75) is 25.8 Å². The summed E-state index contributed by atoms with van der Waals surface area (Å²) in [5.41, 5.74) is 0.968. The van der Waals surface area contributed by atoms with Crippen molar-refractivity contribution < 1.29 is 14.4 Å². The number of amides is 4. The maximum absolute atomic E-state index is 12.3. The molecular formula is C17H18N4O3S. The Balaban J connectivity index is 1.57. The molecule has 3 heterocycles. The lowest BCUT2D eigenvalue weighted by molar-refractivity contribution is -0.143. The van der Waals surface area contributed by atoms with Crippen LogP contribution in [0, 0.1) is 0 Å². The number of rotatable bonds is 4. The predicted octanol–water partition coefficient (Wildman–Crippen LogP) is 2.20. The second-order valence-corrected chi connectivity index (χ2v) is 7.26. The van der Waals surface area contributed by atoms with Crippen molar-refractivity contribution in [3.8, 4) is 0 Å². The number of hydrogen-bond donors (Lipinski definition) is 0. The van der Waals surface area contributed by atoms with Gasteiger partial charge in [0.1, 0.15) is 5.01 Å². The van der Waals surface area contributed by atoms with Crippen LogP contribution in [0.15, 0.2) is 24.3 Å². The van der Waals surface area contributed by atoms with Crippen molar-refractivity contribution in [2.75, 3.05) is 19.8 Å². The lowest BCUT2D eigenvalue weighted by atomic mass is 10.2. The fraction of sp³-hybridized carbons (Fsp3) is 0.412. The molecule has 0 saturated carbocycles. The zero-order chi connectivity index (χ0) is 17.6. The third-order valence-corrected chi connectivity index (χ3v) is 5.87. The molecule has 0 N–H and O–H groups in total. The van der Waals surface area contributed by atoms with Gasteiger partial charge in [-0.05, 0) is 31.9 Å². The van der Waals surface area contributed by atoms with E-state index in [9.17, 15) is 14.4 Å². The summed E-state index contributed by atoms with van der Waals surface area (Å²) in [4.78, 5) is 45.1. The number of aromatic nitrogens is 1. The molecule has 25 heavy (non-hydrogen) atoms. The van der Waals surface area contributed by atoms with Gasteiger partial charge in [-0.3, -0.25) is 19.4 Å². The summed E-state index contributed by atoms with van der Waals surface area (Å²) >= 11 is 1.64. The van der Waals surface area contributed by atoms with Gasteiger partial charge in [-0.1, -0.05) is 12.1 Å². The lowest BCUT2D eigenvalue weighted by Crippen LogP contribution is -2.42. The molecule has 4 rings (SSSR count). The molecule has 7 nitrogen and oxygen atoms in total. The number of hydrogen-bond acceptors (Lipinski definition) is 6. The fourth-order valence-corrected chi connectivity index (χ4v) is 4.58. The summed E-state index contributed by atoms with van der Waals surface area (Å²) < 4.78 is 1.13. The zero-order valence-corrected chi connectivity index (χ0v) is 14.7. The van der Waals surface area contributed by atoms with Crippen LogP contribution >= 0.6 is 11.3 Å². The minimum absolute atomic E-state index is 0.0729. The van der Waals surface area contributed by atoms with E-state index < -0.39 is 17.8 Å². The molecule has 1 aromatic carbocycles. The Kier molecular flexibility index (Phi) is 4.01. The van der Waals surface area contributed by atoms with Gasteiger partial charge in [0, 0.05) is 13.1 Å². The van der Waals surface area contributed by atoms with Crippen LogP contribution in [0.5, 0.6) is 0 Å². The van der Waals surface area contributed by atoms with Crippen LogP contribution in [0.4, 0.5) is 4.79 Å². The summed E-state index contributed by atoms with van der Waals surface area (Å²) in [6.07, 6.45) is 1.91. The molecule has 2 aromatic rings. The monoisotopic (exact) mass is 358 g/mol. The number of likely N-dealkylation sites (N-methyl/N-ethyl adjacent to an activating group) is 1. The minimum Gasteiger partial charge on any atom is -0.276 e. The van der Waals surface area contributed by atoms with E-state index in [-0.39, 0.29) is 19.3 Å². The van der Waals surface area contributed by atoms with Gasteiger partial charge in [-0.15, -0.1) is 11.3 Å². The van der Waals surface area contributed by atoms with Crippen LogP contribution in [0.1, 0.15) is 30.8 Å². The Morgan fingerprint density at radius 3 is 2.64 bits per heavy atom. The smallest absolute Gasteiger partial charge is 0.276 e. The Labute approximate surface area is 148 Å². The number of thiazole rings is 1. The van der Waals surface area contributed by atoms with E-state index in [4.69, 9.17) is 4.98 Å². The molecule has 4 amide bonds. The van der Waals surface area contributed by atoms with Gasteiger partial charge >= 0.3 is 17.8 Å². The van der Waals surface area contributed by atoms with E-state index in [1.807, 2.05) is 24.3 Å². The van der Waals surface area contributed by atoms with Gasteiger partial charge in [-0.25, -0.2) is 14.7 Å².